The molecule has 1 aliphatic carbocycles. The van der Waals surface area contributed by atoms with Gasteiger partial charge in [-0.25, -0.2) is 9.59 Å². The minimum atomic E-state index is -2.86. The van der Waals surface area contributed by atoms with Crippen molar-refractivity contribution in [3.8, 4) is 0 Å². The summed E-state index contributed by atoms with van der Waals surface area (Å²) in [5, 5.41) is 15.7. The van der Waals surface area contributed by atoms with Crippen LogP contribution in [0.15, 0.2) is 12.2 Å². The predicted octanol–water partition coefficient (Wildman–Crippen LogP) is 1.99. The molecular formula is C22H37N4O8PS2. The molecule has 6 N–H and O–H groups in total. The largest absolute Gasteiger partial charge is 0.479 e. The van der Waals surface area contributed by atoms with Gasteiger partial charge in [-0.3, -0.25) is 9.59 Å². The van der Waals surface area contributed by atoms with Crippen LogP contribution >= 0.6 is 17.1 Å². The maximum atomic E-state index is 12.8. The van der Waals surface area contributed by atoms with E-state index in [1.54, 1.807) is 20.8 Å². The van der Waals surface area contributed by atoms with Crippen LogP contribution in [0.5, 0.6) is 0 Å². The van der Waals surface area contributed by atoms with Crippen LogP contribution in [0.3, 0.4) is 0 Å². The van der Waals surface area contributed by atoms with E-state index in [9.17, 15) is 19.2 Å². The highest BCUT2D eigenvalue weighted by Gasteiger charge is 2.53. The molecule has 0 spiro atoms. The molecular weight excluding hydrogens is 543 g/mol. The number of nitrogens with two attached hydrogens (primary N) is 1. The van der Waals surface area contributed by atoms with Gasteiger partial charge in [0.05, 0.1) is 18.8 Å². The molecule has 1 saturated heterocycles. The van der Waals surface area contributed by atoms with E-state index in [-0.39, 0.29) is 11.9 Å². The number of alkyl carbamates (subject to hydrolysis) is 1. The number of carbonyl (C=O) groups excluding carboxylic acids is 3. The summed E-state index contributed by atoms with van der Waals surface area (Å²) in [7, 11) is 0. The van der Waals surface area contributed by atoms with Crippen molar-refractivity contribution in [1.82, 2.24) is 16.0 Å². The summed E-state index contributed by atoms with van der Waals surface area (Å²) in [5.74, 6) is -2.65. The molecule has 15 heteroatoms. The molecule has 2 fully saturated rings. The molecule has 0 radical (unpaired) electrons. The van der Waals surface area contributed by atoms with Crippen molar-refractivity contribution in [3.63, 3.8) is 0 Å². The van der Waals surface area contributed by atoms with Crippen molar-refractivity contribution in [2.45, 2.75) is 82.5 Å². The molecule has 1 aliphatic heterocycles. The lowest BCUT2D eigenvalue weighted by atomic mass is 9.77. The zero-order chi connectivity index (χ0) is 28.2. The van der Waals surface area contributed by atoms with E-state index in [4.69, 9.17) is 36.4 Å². The Kier molecular flexibility index (Phi) is 10.6. The molecule has 0 aromatic rings. The van der Waals surface area contributed by atoms with E-state index in [1.807, 2.05) is 19.2 Å². The van der Waals surface area contributed by atoms with Gasteiger partial charge in [0.2, 0.25) is 17.5 Å². The lowest BCUT2D eigenvalue weighted by molar-refractivity contribution is -0.141. The Hall–Kier alpha value is -1.70. The lowest BCUT2D eigenvalue weighted by Crippen LogP contribution is -2.54. The van der Waals surface area contributed by atoms with Crippen LogP contribution in [-0.4, -0.2) is 70.8 Å². The average Bonchev–Trinajstić information content (AvgIpc) is 3.02. The van der Waals surface area contributed by atoms with Crippen LogP contribution in [-0.2, 0) is 40.0 Å². The topological polar surface area (TPSA) is 178 Å². The molecule has 2 rings (SSSR count). The lowest BCUT2D eigenvalue weighted by Gasteiger charge is -2.37. The van der Waals surface area contributed by atoms with Crippen molar-refractivity contribution in [2.24, 2.45) is 11.7 Å². The van der Waals surface area contributed by atoms with Gasteiger partial charge in [-0.1, -0.05) is 23.5 Å². The fraction of sp³-hybridized carbons (Fsp3) is 0.727. The van der Waals surface area contributed by atoms with Gasteiger partial charge in [-0.15, -0.1) is 0 Å². The highest BCUT2D eigenvalue weighted by Crippen LogP contribution is 2.74. The molecule has 0 aromatic carbocycles. The number of ether oxygens (including phenoxy) is 1. The zero-order valence-electron chi connectivity index (χ0n) is 21.7. The van der Waals surface area contributed by atoms with Gasteiger partial charge in [-0.2, -0.15) is 0 Å². The Morgan fingerprint density at radius 1 is 1.32 bits per heavy atom. The first kappa shape index (κ1) is 31.5. The fourth-order valence-corrected chi connectivity index (χ4v) is 10.6. The van der Waals surface area contributed by atoms with Crippen LogP contribution in [0.4, 0.5) is 4.79 Å². The van der Waals surface area contributed by atoms with Crippen molar-refractivity contribution >= 4 is 52.8 Å². The number of carbonyl (C=O) groups is 4. The molecule has 0 bridgehead atoms. The van der Waals surface area contributed by atoms with Crippen LogP contribution in [0.1, 0.15) is 53.9 Å². The molecule has 3 amide bonds. The first-order chi connectivity index (χ1) is 16.9. The fourth-order valence-electron chi connectivity index (χ4n) is 3.82. The number of rotatable bonds is 10. The van der Waals surface area contributed by atoms with Gasteiger partial charge in [0.25, 0.3) is 0 Å². The molecule has 0 aromatic heterocycles. The SMILES string of the molecule is C=C(C)C1CC[C@]2(C)O[P@](=S)(OC[C@H](NC(=O)OC(C)(C)C)C(=O)NCC(=O)N[C@@H](N)C(=O)O)S[C@H]2C1. The quantitative estimate of drug-likeness (QED) is 0.145. The molecule has 210 valence electrons. The number of carboxylic acid groups (broad SMARTS) is 1. The second-order valence-corrected chi connectivity index (χ2v) is 16.7. The Balaban J connectivity index is 2.06. The monoisotopic (exact) mass is 580 g/mol. The van der Waals surface area contributed by atoms with Gasteiger partial charge in [0.1, 0.15) is 11.6 Å². The third-order valence-electron chi connectivity index (χ3n) is 5.85. The van der Waals surface area contributed by atoms with Crippen LogP contribution in [0, 0.1) is 5.92 Å². The molecule has 1 heterocycles. The summed E-state index contributed by atoms with van der Waals surface area (Å²) in [6.45, 7) is 12.2. The highest BCUT2D eigenvalue weighted by molar-refractivity contribution is 8.68. The van der Waals surface area contributed by atoms with Gasteiger partial charge in [0.15, 0.2) is 6.17 Å². The first-order valence-electron chi connectivity index (χ1n) is 11.8. The smallest absolute Gasteiger partial charge is 0.408 e. The summed E-state index contributed by atoms with van der Waals surface area (Å²) in [5.41, 5.74) is 2.25. The van der Waals surface area contributed by atoms with Crippen LogP contribution < -0.4 is 21.7 Å². The number of aliphatic carboxylic acids is 1. The van der Waals surface area contributed by atoms with E-state index in [1.165, 1.54) is 11.4 Å². The van der Waals surface area contributed by atoms with Gasteiger partial charge in [0, 0.05) is 5.25 Å². The highest BCUT2D eigenvalue weighted by atomic mass is 32.9. The normalized spacial score (nSPS) is 28.8. The Bertz CT molecular complexity index is 975. The third kappa shape index (κ3) is 9.52. The van der Waals surface area contributed by atoms with E-state index in [0.717, 1.165) is 24.8 Å². The van der Waals surface area contributed by atoms with Crippen LogP contribution in [0.25, 0.3) is 0 Å². The van der Waals surface area contributed by atoms with Crippen LogP contribution in [0.2, 0.25) is 0 Å². The number of nitrogens with one attached hydrogen (secondary N) is 3. The minimum Gasteiger partial charge on any atom is -0.479 e. The van der Waals surface area contributed by atoms with Crippen molar-refractivity contribution in [1.29, 1.82) is 0 Å². The van der Waals surface area contributed by atoms with E-state index >= 15 is 0 Å². The molecule has 2 aliphatic rings. The van der Waals surface area contributed by atoms with Crippen molar-refractivity contribution in [3.05, 3.63) is 12.2 Å². The Morgan fingerprint density at radius 2 is 1.97 bits per heavy atom. The van der Waals surface area contributed by atoms with E-state index < -0.39 is 59.5 Å². The molecule has 12 nitrogen and oxygen atoms in total. The second kappa shape index (κ2) is 12.4. The Morgan fingerprint density at radius 3 is 2.54 bits per heavy atom. The van der Waals surface area contributed by atoms with E-state index in [0.29, 0.717) is 5.92 Å². The molecule has 37 heavy (non-hydrogen) atoms. The summed E-state index contributed by atoms with van der Waals surface area (Å²) in [4.78, 5) is 47.9. The number of carboxylic acids is 1. The summed E-state index contributed by atoms with van der Waals surface area (Å²) >= 11 is 7.20. The number of hydrogen-bond donors (Lipinski definition) is 5. The van der Waals surface area contributed by atoms with Gasteiger partial charge in [-0.05, 0) is 71.6 Å². The average molecular weight is 581 g/mol. The van der Waals surface area contributed by atoms with E-state index in [2.05, 4.69) is 17.2 Å². The van der Waals surface area contributed by atoms with Crippen molar-refractivity contribution < 1.29 is 38.1 Å². The molecule has 6 atom stereocenters. The number of amides is 3. The maximum absolute atomic E-state index is 12.8. The van der Waals surface area contributed by atoms with Gasteiger partial charge >= 0.3 is 12.1 Å². The van der Waals surface area contributed by atoms with Crippen molar-refractivity contribution in [2.75, 3.05) is 13.2 Å². The number of allylic oxidation sites excluding steroid dienone is 1. The summed E-state index contributed by atoms with van der Waals surface area (Å²) < 4.78 is 17.5. The minimum absolute atomic E-state index is 0.113. The maximum Gasteiger partial charge on any atom is 0.408 e. The molecule has 1 saturated carbocycles. The Labute approximate surface area is 226 Å². The van der Waals surface area contributed by atoms with Gasteiger partial charge < -0.3 is 40.6 Å². The predicted molar refractivity (Wildman–Crippen MR) is 143 cm³/mol. The third-order valence-corrected chi connectivity index (χ3v) is 11.6. The number of fused-ring (bicyclic) bond motifs is 1. The number of hydrogen-bond acceptors (Lipinski definition) is 10. The standard InChI is InChI=1S/C22H37N4O8PS2/c1-12(2)13-7-8-22(6)15(9-13)37-35(36,34-22)32-11-14(25-20(31)33-21(3,4)5)18(28)24-10-16(27)26-17(23)19(29)30/h13-15,17H,1,7-11,23H2,2-6H3,(H,24,28)(H,25,31)(H,26,27)(H,29,30)/t13?,14-,15-,17+,22-,35-/m0/s1. The second-order valence-electron chi connectivity index (χ2n) is 10.4. The first-order valence-corrected chi connectivity index (χ1v) is 15.9. The zero-order valence-corrected chi connectivity index (χ0v) is 24.2. The summed E-state index contributed by atoms with van der Waals surface area (Å²) in [6.07, 6.45) is 0.120. The molecule has 1 unspecified atom stereocenters. The summed E-state index contributed by atoms with van der Waals surface area (Å²) in [6, 6.07) is -1.27.